The van der Waals surface area contributed by atoms with Gasteiger partial charge in [-0.2, -0.15) is 0 Å². The Balaban J connectivity index is 2.16. The van der Waals surface area contributed by atoms with Crippen LogP contribution in [-0.4, -0.2) is 18.2 Å². The number of aromatic nitrogens is 1. The molecule has 2 rings (SSSR count). The molecule has 0 atom stereocenters. The van der Waals surface area contributed by atoms with E-state index in [2.05, 4.69) is 15.0 Å². The summed E-state index contributed by atoms with van der Waals surface area (Å²) in [5.41, 5.74) is 2.86. The summed E-state index contributed by atoms with van der Waals surface area (Å²) in [6.45, 7) is 0. The van der Waals surface area contributed by atoms with Gasteiger partial charge in [0.05, 0.1) is 7.11 Å². The van der Waals surface area contributed by atoms with E-state index in [1.807, 2.05) is 36.4 Å². The highest BCUT2D eigenvalue weighted by atomic mass is 16.5. The zero-order valence-corrected chi connectivity index (χ0v) is 9.38. The van der Waals surface area contributed by atoms with E-state index in [1.165, 1.54) is 7.11 Å². The molecule has 1 N–H and O–H groups in total. The average molecular weight is 228 g/mol. The number of nitrogens with zero attached hydrogens (tertiary/aromatic N) is 1. The van der Waals surface area contributed by atoms with Crippen molar-refractivity contribution in [3.63, 3.8) is 0 Å². The number of carbonyl (C=O) groups excluding carboxylic acids is 1. The van der Waals surface area contributed by atoms with Crippen LogP contribution in [-0.2, 0) is 4.74 Å². The molecule has 1 aromatic heterocycles. The molecule has 1 heterocycles. The van der Waals surface area contributed by atoms with Crippen LogP contribution in [0.4, 0.5) is 10.5 Å². The lowest BCUT2D eigenvalue weighted by Gasteiger charge is -2.05. The van der Waals surface area contributed by atoms with Crippen LogP contribution in [0.3, 0.4) is 0 Å². The predicted molar refractivity (Wildman–Crippen MR) is 65.7 cm³/mol. The van der Waals surface area contributed by atoms with Crippen molar-refractivity contribution in [1.82, 2.24) is 4.98 Å². The normalized spacial score (nSPS) is 9.71. The van der Waals surface area contributed by atoms with Crippen LogP contribution in [0.1, 0.15) is 0 Å². The molecule has 2 aromatic rings. The van der Waals surface area contributed by atoms with Gasteiger partial charge in [-0.1, -0.05) is 12.1 Å². The van der Waals surface area contributed by atoms with Crippen molar-refractivity contribution >= 4 is 11.8 Å². The van der Waals surface area contributed by atoms with Gasteiger partial charge in [-0.15, -0.1) is 0 Å². The molecule has 0 aliphatic carbocycles. The summed E-state index contributed by atoms with van der Waals surface area (Å²) in [6.07, 6.45) is 3.02. The van der Waals surface area contributed by atoms with E-state index in [-0.39, 0.29) is 0 Å². The minimum Gasteiger partial charge on any atom is -0.453 e. The van der Waals surface area contributed by atoms with E-state index in [4.69, 9.17) is 0 Å². The van der Waals surface area contributed by atoms with Gasteiger partial charge in [-0.3, -0.25) is 10.3 Å². The Morgan fingerprint density at radius 1 is 1.06 bits per heavy atom. The maximum absolute atomic E-state index is 11.0. The molecule has 4 heteroatoms. The van der Waals surface area contributed by atoms with Gasteiger partial charge in [0, 0.05) is 18.1 Å². The fourth-order valence-corrected chi connectivity index (χ4v) is 1.46. The third-order valence-corrected chi connectivity index (χ3v) is 2.33. The number of hydrogen-bond acceptors (Lipinski definition) is 3. The second kappa shape index (κ2) is 5.12. The molecule has 0 spiro atoms. The van der Waals surface area contributed by atoms with E-state index in [1.54, 1.807) is 12.4 Å². The third-order valence-electron chi connectivity index (χ3n) is 2.33. The predicted octanol–water partition coefficient (Wildman–Crippen LogP) is 2.93. The summed E-state index contributed by atoms with van der Waals surface area (Å²) >= 11 is 0. The summed E-state index contributed by atoms with van der Waals surface area (Å²) in [5.74, 6) is 0. The standard InChI is InChI=1S/C13H12N2O2/c1-17-13(16)15-12-4-2-10(3-5-12)11-6-8-14-9-7-11/h2-9H,1H3,(H,15,16). The molecule has 0 fully saturated rings. The van der Waals surface area contributed by atoms with Crippen molar-refractivity contribution < 1.29 is 9.53 Å². The van der Waals surface area contributed by atoms with Crippen LogP contribution in [0.25, 0.3) is 11.1 Å². The lowest BCUT2D eigenvalue weighted by Crippen LogP contribution is -2.10. The topological polar surface area (TPSA) is 51.2 Å². The lowest BCUT2D eigenvalue weighted by molar-refractivity contribution is 0.187. The highest BCUT2D eigenvalue weighted by Gasteiger charge is 2.01. The molecule has 86 valence electrons. The second-order valence-corrected chi connectivity index (χ2v) is 3.43. The van der Waals surface area contributed by atoms with E-state index >= 15 is 0 Å². The zero-order chi connectivity index (χ0) is 12.1. The quantitative estimate of drug-likeness (QED) is 0.859. The van der Waals surface area contributed by atoms with Crippen molar-refractivity contribution in [3.05, 3.63) is 48.8 Å². The van der Waals surface area contributed by atoms with Crippen molar-refractivity contribution in [2.75, 3.05) is 12.4 Å². The number of ether oxygens (including phenoxy) is 1. The lowest BCUT2D eigenvalue weighted by atomic mass is 10.1. The van der Waals surface area contributed by atoms with Gasteiger partial charge in [0.2, 0.25) is 0 Å². The Labute approximate surface area is 99.3 Å². The maximum atomic E-state index is 11.0. The number of hydrogen-bond donors (Lipinski definition) is 1. The van der Waals surface area contributed by atoms with Gasteiger partial charge in [-0.05, 0) is 35.4 Å². The first kappa shape index (κ1) is 11.1. The van der Waals surface area contributed by atoms with Crippen LogP contribution >= 0.6 is 0 Å². The number of benzene rings is 1. The fraction of sp³-hybridized carbons (Fsp3) is 0.0769. The van der Waals surface area contributed by atoms with Crippen molar-refractivity contribution in [1.29, 1.82) is 0 Å². The summed E-state index contributed by atoms with van der Waals surface area (Å²) < 4.78 is 4.51. The number of carbonyl (C=O) groups is 1. The Morgan fingerprint density at radius 3 is 2.24 bits per heavy atom. The van der Waals surface area contributed by atoms with Gasteiger partial charge in [0.25, 0.3) is 0 Å². The largest absolute Gasteiger partial charge is 0.453 e. The first-order valence-corrected chi connectivity index (χ1v) is 5.15. The molecule has 1 aromatic carbocycles. The summed E-state index contributed by atoms with van der Waals surface area (Å²) in [6, 6.07) is 11.4. The highest BCUT2D eigenvalue weighted by molar-refractivity contribution is 5.84. The number of rotatable bonds is 2. The zero-order valence-electron chi connectivity index (χ0n) is 9.38. The van der Waals surface area contributed by atoms with Gasteiger partial charge in [-0.25, -0.2) is 4.79 Å². The number of amides is 1. The first-order valence-electron chi connectivity index (χ1n) is 5.15. The number of pyridine rings is 1. The molecule has 1 amide bonds. The maximum Gasteiger partial charge on any atom is 0.411 e. The van der Waals surface area contributed by atoms with Gasteiger partial charge in [0.1, 0.15) is 0 Å². The van der Waals surface area contributed by atoms with Crippen LogP contribution in [0.5, 0.6) is 0 Å². The smallest absolute Gasteiger partial charge is 0.411 e. The number of anilines is 1. The molecule has 0 aliphatic rings. The van der Waals surface area contributed by atoms with Crippen LogP contribution in [0.15, 0.2) is 48.8 Å². The van der Waals surface area contributed by atoms with E-state index in [0.29, 0.717) is 5.69 Å². The summed E-state index contributed by atoms with van der Waals surface area (Å²) in [5, 5.41) is 2.60. The molecular weight excluding hydrogens is 216 g/mol. The van der Waals surface area contributed by atoms with E-state index < -0.39 is 6.09 Å². The second-order valence-electron chi connectivity index (χ2n) is 3.43. The number of methoxy groups -OCH3 is 1. The Bertz CT molecular complexity index is 495. The van der Waals surface area contributed by atoms with Crippen LogP contribution in [0.2, 0.25) is 0 Å². The molecule has 0 saturated heterocycles. The third kappa shape index (κ3) is 2.81. The monoisotopic (exact) mass is 228 g/mol. The van der Waals surface area contributed by atoms with Crippen LogP contribution in [0, 0.1) is 0 Å². The van der Waals surface area contributed by atoms with Gasteiger partial charge in [0.15, 0.2) is 0 Å². The molecule has 0 aliphatic heterocycles. The summed E-state index contributed by atoms with van der Waals surface area (Å²) in [4.78, 5) is 15.0. The molecule has 4 nitrogen and oxygen atoms in total. The Hall–Kier alpha value is -2.36. The minimum atomic E-state index is -0.471. The molecule has 0 bridgehead atoms. The van der Waals surface area contributed by atoms with Crippen molar-refractivity contribution in [2.24, 2.45) is 0 Å². The molecule has 0 saturated carbocycles. The SMILES string of the molecule is COC(=O)Nc1ccc(-c2ccncc2)cc1. The van der Waals surface area contributed by atoms with Crippen molar-refractivity contribution in [3.8, 4) is 11.1 Å². The van der Waals surface area contributed by atoms with Gasteiger partial charge >= 0.3 is 6.09 Å². The van der Waals surface area contributed by atoms with E-state index in [0.717, 1.165) is 11.1 Å². The fourth-order valence-electron chi connectivity index (χ4n) is 1.46. The first-order chi connectivity index (χ1) is 8.29. The molecule has 0 unspecified atom stereocenters. The summed E-state index contributed by atoms with van der Waals surface area (Å²) in [7, 11) is 1.33. The Kier molecular flexibility index (Phi) is 3.35. The highest BCUT2D eigenvalue weighted by Crippen LogP contribution is 2.20. The molecule has 17 heavy (non-hydrogen) atoms. The van der Waals surface area contributed by atoms with E-state index in [9.17, 15) is 4.79 Å². The Morgan fingerprint density at radius 2 is 1.65 bits per heavy atom. The average Bonchev–Trinajstić information content (AvgIpc) is 2.40. The minimum absolute atomic E-state index is 0.471. The molecule has 0 radical (unpaired) electrons. The molecular formula is C13H12N2O2. The van der Waals surface area contributed by atoms with Crippen LogP contribution < -0.4 is 5.32 Å². The number of nitrogens with one attached hydrogen (secondary N) is 1. The van der Waals surface area contributed by atoms with Crippen molar-refractivity contribution in [2.45, 2.75) is 0 Å². The van der Waals surface area contributed by atoms with Gasteiger partial charge < -0.3 is 4.74 Å².